The van der Waals surface area contributed by atoms with E-state index in [1.54, 1.807) is 12.0 Å². The van der Waals surface area contributed by atoms with Crippen molar-refractivity contribution in [1.29, 1.82) is 0 Å². The van der Waals surface area contributed by atoms with Gasteiger partial charge in [-0.3, -0.25) is 14.4 Å². The van der Waals surface area contributed by atoms with Crippen LogP contribution < -0.4 is 15.0 Å². The second kappa shape index (κ2) is 15.5. The Morgan fingerprint density at radius 1 is 0.979 bits per heavy atom. The average Bonchev–Trinajstić information content (AvgIpc) is 3.63. The molecule has 10 heteroatoms. The van der Waals surface area contributed by atoms with Crippen molar-refractivity contribution in [3.63, 3.8) is 0 Å². The number of piperazine rings is 1. The van der Waals surface area contributed by atoms with E-state index in [1.165, 1.54) is 11.1 Å². The molecule has 0 spiro atoms. The van der Waals surface area contributed by atoms with E-state index in [0.717, 1.165) is 55.6 Å². The summed E-state index contributed by atoms with van der Waals surface area (Å²) in [4.78, 5) is 35.7. The minimum absolute atomic E-state index is 0.119. The van der Waals surface area contributed by atoms with Crippen LogP contribution in [-0.4, -0.2) is 77.6 Å². The number of hydrogen-bond donors (Lipinski definition) is 1. The van der Waals surface area contributed by atoms with Gasteiger partial charge in [0, 0.05) is 62.6 Å². The van der Waals surface area contributed by atoms with Gasteiger partial charge >= 0.3 is 6.09 Å². The third kappa shape index (κ3) is 8.02. The number of anilines is 1. The third-order valence-electron chi connectivity index (χ3n) is 10.6. The van der Waals surface area contributed by atoms with Crippen LogP contribution in [0.4, 0.5) is 10.6 Å². The maximum absolute atomic E-state index is 14.4. The highest BCUT2D eigenvalue weighted by Crippen LogP contribution is 2.39. The SMILES string of the molecule is COc1ccc(C2CCC(CN(C(=O)C3CCC(OC(=O)N4CCNCC4)CC3)c3cc(-c4cnn(C(C)C)c4)ccn3)CC2)cc1C. The number of methoxy groups -OCH3 is 1. The number of nitrogens with one attached hydrogen (secondary N) is 1. The molecule has 3 aromatic rings. The molecule has 48 heavy (non-hydrogen) atoms. The Balaban J connectivity index is 1.15. The van der Waals surface area contributed by atoms with Crippen LogP contribution in [0, 0.1) is 18.8 Å². The fourth-order valence-corrected chi connectivity index (χ4v) is 7.62. The monoisotopic (exact) mass is 656 g/mol. The van der Waals surface area contributed by atoms with Crippen LogP contribution in [-0.2, 0) is 9.53 Å². The van der Waals surface area contributed by atoms with Crippen molar-refractivity contribution in [3.8, 4) is 16.9 Å². The van der Waals surface area contributed by atoms with Crippen LogP contribution in [0.3, 0.4) is 0 Å². The standard InChI is InChI=1S/C38H52N6O4/c1-26(2)44-25-33(23-41-44)32-15-16-40-36(22-32)43(24-28-5-7-29(8-6-28)31-11-14-35(47-4)27(3)21-31)37(45)30-9-12-34(13-10-30)48-38(46)42-19-17-39-18-20-42/h11,14-16,21-23,25-26,28-30,34,39H,5-10,12-13,17-20,24H2,1-4H3. The van der Waals surface area contributed by atoms with Gasteiger partial charge in [-0.1, -0.05) is 12.1 Å². The van der Waals surface area contributed by atoms with E-state index in [0.29, 0.717) is 63.0 Å². The van der Waals surface area contributed by atoms with E-state index in [1.807, 2.05) is 34.1 Å². The van der Waals surface area contributed by atoms with E-state index in [9.17, 15) is 9.59 Å². The largest absolute Gasteiger partial charge is 0.496 e. The number of carbonyl (C=O) groups is 2. The zero-order valence-electron chi connectivity index (χ0n) is 29.1. The number of amides is 2. The maximum atomic E-state index is 14.4. The van der Waals surface area contributed by atoms with E-state index < -0.39 is 0 Å². The molecule has 1 saturated heterocycles. The van der Waals surface area contributed by atoms with Crippen LogP contribution in [0.25, 0.3) is 11.1 Å². The first-order valence-corrected chi connectivity index (χ1v) is 17.9. The van der Waals surface area contributed by atoms with E-state index >= 15 is 0 Å². The molecule has 0 unspecified atom stereocenters. The molecule has 3 heterocycles. The topological polar surface area (TPSA) is 102 Å². The zero-order chi connectivity index (χ0) is 33.6. The Bertz CT molecular complexity index is 1530. The molecule has 0 atom stereocenters. The van der Waals surface area contributed by atoms with Crippen LogP contribution in [0.1, 0.15) is 88.3 Å². The summed E-state index contributed by atoms with van der Waals surface area (Å²) in [6.07, 6.45) is 12.5. The lowest BCUT2D eigenvalue weighted by Gasteiger charge is -2.36. The number of pyridine rings is 1. The molecule has 0 radical (unpaired) electrons. The van der Waals surface area contributed by atoms with Crippen LogP contribution in [0.15, 0.2) is 48.9 Å². The van der Waals surface area contributed by atoms with Gasteiger partial charge in [-0.05, 0) is 119 Å². The molecule has 1 aliphatic heterocycles. The molecule has 3 aliphatic rings. The lowest BCUT2D eigenvalue weighted by molar-refractivity contribution is -0.124. The first kappa shape index (κ1) is 34.0. The average molecular weight is 657 g/mol. The van der Waals surface area contributed by atoms with Crippen molar-refractivity contribution in [3.05, 3.63) is 60.0 Å². The summed E-state index contributed by atoms with van der Waals surface area (Å²) in [5.41, 5.74) is 4.58. The van der Waals surface area contributed by atoms with Crippen molar-refractivity contribution in [1.82, 2.24) is 25.0 Å². The molecule has 2 aliphatic carbocycles. The molecule has 6 rings (SSSR count). The lowest BCUT2D eigenvalue weighted by atomic mass is 9.78. The highest BCUT2D eigenvalue weighted by atomic mass is 16.6. The van der Waals surface area contributed by atoms with Crippen molar-refractivity contribution < 1.29 is 19.1 Å². The molecule has 1 N–H and O–H groups in total. The predicted octanol–water partition coefficient (Wildman–Crippen LogP) is 6.75. The van der Waals surface area contributed by atoms with Gasteiger partial charge in [0.15, 0.2) is 0 Å². The fraction of sp³-hybridized carbons (Fsp3) is 0.579. The number of aromatic nitrogens is 3. The third-order valence-corrected chi connectivity index (χ3v) is 10.6. The minimum atomic E-state index is -0.227. The summed E-state index contributed by atoms with van der Waals surface area (Å²) in [7, 11) is 1.72. The van der Waals surface area contributed by atoms with Crippen molar-refractivity contribution >= 4 is 17.8 Å². The number of aryl methyl sites for hydroxylation is 1. The van der Waals surface area contributed by atoms with Gasteiger partial charge in [0.2, 0.25) is 5.91 Å². The van der Waals surface area contributed by atoms with Gasteiger partial charge in [-0.25, -0.2) is 9.78 Å². The van der Waals surface area contributed by atoms with Crippen molar-refractivity contribution in [2.45, 2.75) is 90.2 Å². The molecular weight excluding hydrogens is 604 g/mol. The molecule has 2 amide bonds. The Labute approximate surface area is 285 Å². The van der Waals surface area contributed by atoms with Gasteiger partial charge in [0.1, 0.15) is 17.7 Å². The fourth-order valence-electron chi connectivity index (χ4n) is 7.62. The van der Waals surface area contributed by atoms with Crippen molar-refractivity contribution in [2.24, 2.45) is 11.8 Å². The van der Waals surface area contributed by atoms with Crippen LogP contribution >= 0.6 is 0 Å². The number of benzene rings is 1. The molecule has 3 fully saturated rings. The number of hydrogen-bond acceptors (Lipinski definition) is 7. The molecule has 10 nitrogen and oxygen atoms in total. The second-order valence-electron chi connectivity index (χ2n) is 14.2. The van der Waals surface area contributed by atoms with Gasteiger partial charge in [0.25, 0.3) is 0 Å². The molecule has 0 bridgehead atoms. The number of rotatable bonds is 9. The summed E-state index contributed by atoms with van der Waals surface area (Å²) >= 11 is 0. The second-order valence-corrected chi connectivity index (χ2v) is 14.2. The minimum Gasteiger partial charge on any atom is -0.496 e. The molecule has 258 valence electrons. The Morgan fingerprint density at radius 2 is 1.73 bits per heavy atom. The summed E-state index contributed by atoms with van der Waals surface area (Å²) in [5, 5.41) is 7.81. The van der Waals surface area contributed by atoms with Crippen LogP contribution in [0.2, 0.25) is 0 Å². The lowest BCUT2D eigenvalue weighted by Crippen LogP contribution is -2.47. The normalized spacial score (nSPS) is 23.1. The zero-order valence-corrected chi connectivity index (χ0v) is 29.1. The molecule has 1 aromatic carbocycles. The highest BCUT2D eigenvalue weighted by molar-refractivity contribution is 5.94. The van der Waals surface area contributed by atoms with Crippen molar-refractivity contribution in [2.75, 3.05) is 44.7 Å². The number of carbonyl (C=O) groups excluding carboxylic acids is 2. The van der Waals surface area contributed by atoms with E-state index in [2.05, 4.69) is 55.6 Å². The number of ether oxygens (including phenoxy) is 2. The predicted molar refractivity (Wildman–Crippen MR) is 187 cm³/mol. The summed E-state index contributed by atoms with van der Waals surface area (Å²) in [6, 6.07) is 10.9. The first-order chi connectivity index (χ1) is 23.3. The van der Waals surface area contributed by atoms with Gasteiger partial charge in [0.05, 0.1) is 13.3 Å². The van der Waals surface area contributed by atoms with Gasteiger partial charge in [-0.15, -0.1) is 0 Å². The summed E-state index contributed by atoms with van der Waals surface area (Å²) in [6.45, 7) is 9.93. The highest BCUT2D eigenvalue weighted by Gasteiger charge is 2.35. The number of nitrogens with zero attached hydrogens (tertiary/aromatic N) is 5. The Kier molecular flexibility index (Phi) is 11.0. The van der Waals surface area contributed by atoms with Gasteiger partial charge in [-0.2, -0.15) is 5.10 Å². The van der Waals surface area contributed by atoms with Crippen LogP contribution in [0.5, 0.6) is 5.75 Å². The first-order valence-electron chi connectivity index (χ1n) is 17.9. The van der Waals surface area contributed by atoms with E-state index in [-0.39, 0.29) is 30.1 Å². The van der Waals surface area contributed by atoms with Gasteiger partial charge < -0.3 is 19.7 Å². The quantitative estimate of drug-likeness (QED) is 0.272. The smallest absolute Gasteiger partial charge is 0.410 e. The Morgan fingerprint density at radius 3 is 2.40 bits per heavy atom. The maximum Gasteiger partial charge on any atom is 0.410 e. The molecule has 2 aromatic heterocycles. The molecule has 2 saturated carbocycles. The summed E-state index contributed by atoms with van der Waals surface area (Å²) < 4.78 is 13.3. The Hall–Kier alpha value is -3.92. The van der Waals surface area contributed by atoms with E-state index in [4.69, 9.17) is 14.5 Å². The molecular formula is C38H52N6O4. The summed E-state index contributed by atoms with van der Waals surface area (Å²) in [5.74, 6) is 2.57.